The topological polar surface area (TPSA) is 137 Å². The van der Waals surface area contributed by atoms with Crippen LogP contribution in [0.25, 0.3) is 0 Å². The fraction of sp³-hybridized carbons (Fsp3) is 0.600. The third kappa shape index (κ3) is 6.01. The van der Waals surface area contributed by atoms with Crippen molar-refractivity contribution in [2.24, 2.45) is 17.6 Å². The monoisotopic (exact) mass is 459 g/mol. The average Bonchev–Trinajstić information content (AvgIpc) is 3.20. The van der Waals surface area contributed by atoms with Crippen molar-refractivity contribution in [2.45, 2.75) is 51.9 Å². The van der Waals surface area contributed by atoms with Crippen molar-refractivity contribution in [1.29, 1.82) is 0 Å². The molecule has 9 nitrogen and oxygen atoms in total. The van der Waals surface area contributed by atoms with Gasteiger partial charge in [0.05, 0.1) is 12.0 Å². The summed E-state index contributed by atoms with van der Waals surface area (Å²) in [5.41, 5.74) is 5.15. The number of halogens is 3. The van der Waals surface area contributed by atoms with Crippen LogP contribution in [0.4, 0.5) is 13.2 Å². The van der Waals surface area contributed by atoms with Crippen LogP contribution in [-0.2, 0) is 9.59 Å². The fourth-order valence-electron chi connectivity index (χ4n) is 3.70. The van der Waals surface area contributed by atoms with E-state index in [1.165, 1.54) is 24.0 Å². The van der Waals surface area contributed by atoms with Crippen LogP contribution in [0, 0.1) is 11.8 Å². The first-order valence-corrected chi connectivity index (χ1v) is 10.3. The number of hydrogen-bond acceptors (Lipinski definition) is 4. The lowest BCUT2D eigenvalue weighted by molar-refractivity contribution is -0.191. The molecule has 1 fully saturated rings. The molecule has 1 aliphatic heterocycles. The molecule has 1 aromatic rings. The van der Waals surface area contributed by atoms with Crippen LogP contribution >= 0.6 is 0 Å². The highest BCUT2D eigenvalue weighted by molar-refractivity contribution is 5.97. The molecule has 0 spiro atoms. The Morgan fingerprint density at radius 3 is 2.38 bits per heavy atom. The van der Waals surface area contributed by atoms with E-state index in [1.54, 1.807) is 13.8 Å². The van der Waals surface area contributed by atoms with Crippen molar-refractivity contribution in [1.82, 2.24) is 20.5 Å². The number of aromatic amines is 1. The number of nitrogens with one attached hydrogen (secondary N) is 3. The van der Waals surface area contributed by atoms with Gasteiger partial charge in [-0.15, -0.1) is 0 Å². The number of hydrogen-bond donors (Lipinski definition) is 4. The number of likely N-dealkylation sites (tertiary alicyclic amines) is 1. The number of nitrogens with zero attached hydrogens (tertiary/aromatic N) is 1. The average molecular weight is 459 g/mol. The van der Waals surface area contributed by atoms with E-state index in [-0.39, 0.29) is 30.4 Å². The van der Waals surface area contributed by atoms with Gasteiger partial charge in [0.15, 0.2) is 0 Å². The van der Waals surface area contributed by atoms with Gasteiger partial charge in [0.25, 0.3) is 11.8 Å². The van der Waals surface area contributed by atoms with Crippen molar-refractivity contribution in [2.75, 3.05) is 13.1 Å². The number of H-pyrrole nitrogens is 1. The highest BCUT2D eigenvalue weighted by Crippen LogP contribution is 2.35. The van der Waals surface area contributed by atoms with Crippen LogP contribution in [0.15, 0.2) is 12.1 Å². The van der Waals surface area contributed by atoms with Gasteiger partial charge in [0.2, 0.25) is 11.8 Å². The van der Waals surface area contributed by atoms with E-state index >= 15 is 0 Å². The Balaban J connectivity index is 2.23. The molecule has 2 heterocycles. The number of carbonyl (C=O) groups excluding carboxylic acids is 4. The quantitative estimate of drug-likeness (QED) is 0.486. The Hall–Kier alpha value is -3.05. The second kappa shape index (κ2) is 10.0. The molecular formula is C20H28F3N5O4. The van der Waals surface area contributed by atoms with Gasteiger partial charge in [0, 0.05) is 20.0 Å². The predicted molar refractivity (Wildman–Crippen MR) is 108 cm³/mol. The summed E-state index contributed by atoms with van der Waals surface area (Å²) in [6.45, 7) is 4.16. The van der Waals surface area contributed by atoms with Crippen molar-refractivity contribution in [3.05, 3.63) is 23.5 Å². The van der Waals surface area contributed by atoms with Gasteiger partial charge in [0.1, 0.15) is 17.4 Å². The van der Waals surface area contributed by atoms with Gasteiger partial charge in [-0.25, -0.2) is 0 Å². The molecule has 12 heteroatoms. The molecule has 4 atom stereocenters. The zero-order valence-electron chi connectivity index (χ0n) is 18.1. The Morgan fingerprint density at radius 2 is 1.88 bits per heavy atom. The van der Waals surface area contributed by atoms with E-state index in [2.05, 4.69) is 15.6 Å². The van der Waals surface area contributed by atoms with Crippen molar-refractivity contribution in [3.8, 4) is 0 Å². The Bertz CT molecular complexity index is 870. The number of primary amides is 1. The third-order valence-corrected chi connectivity index (χ3v) is 5.68. The molecule has 2 rings (SSSR count). The lowest BCUT2D eigenvalue weighted by Gasteiger charge is -2.40. The van der Waals surface area contributed by atoms with Gasteiger partial charge >= 0.3 is 6.18 Å². The zero-order chi connectivity index (χ0) is 24.2. The molecule has 4 amide bonds. The number of aromatic nitrogens is 1. The van der Waals surface area contributed by atoms with Gasteiger partial charge < -0.3 is 26.3 Å². The Labute approximate surface area is 183 Å². The molecule has 1 aromatic heterocycles. The minimum Gasteiger partial charge on any atom is -0.364 e. The number of nitrogens with two attached hydrogens (primary N) is 1. The van der Waals surface area contributed by atoms with Crippen molar-refractivity contribution in [3.63, 3.8) is 0 Å². The number of amides is 4. The number of piperidine rings is 1. The standard InChI is InChI=1S/C20H28F3N5O4/c1-4-10(2)16(25-11(3)29)18(31)27-15-9-28(8-7-12(15)20(21,22)23)19(32)14-6-5-13(26-14)17(24)30/h5-6,10,12,15-16,26H,4,7-9H2,1-3H3,(H2,24,30)(H,25,29)(H,27,31)/t10-,12?,15?,16-/m0/s1. The predicted octanol–water partition coefficient (Wildman–Crippen LogP) is 1.17. The van der Waals surface area contributed by atoms with Crippen LogP contribution in [0.2, 0.25) is 0 Å². The molecule has 1 saturated heterocycles. The summed E-state index contributed by atoms with van der Waals surface area (Å²) >= 11 is 0. The Morgan fingerprint density at radius 1 is 1.25 bits per heavy atom. The van der Waals surface area contributed by atoms with E-state index in [0.717, 1.165) is 0 Å². The summed E-state index contributed by atoms with van der Waals surface area (Å²) in [5, 5.41) is 4.89. The summed E-state index contributed by atoms with van der Waals surface area (Å²) in [6, 6.07) is 0.230. The SMILES string of the molecule is CC[C@H](C)[C@H](NC(C)=O)C(=O)NC1CN(C(=O)c2ccc(C(N)=O)[nH]2)CCC1C(F)(F)F. The molecule has 1 aliphatic rings. The maximum Gasteiger partial charge on any atom is 0.393 e. The summed E-state index contributed by atoms with van der Waals surface area (Å²) in [7, 11) is 0. The number of rotatable bonds is 7. The molecule has 0 aromatic carbocycles. The first-order valence-electron chi connectivity index (χ1n) is 10.3. The van der Waals surface area contributed by atoms with Crippen molar-refractivity contribution >= 4 is 23.6 Å². The molecule has 32 heavy (non-hydrogen) atoms. The van der Waals surface area contributed by atoms with Crippen LogP contribution in [0.5, 0.6) is 0 Å². The molecule has 5 N–H and O–H groups in total. The third-order valence-electron chi connectivity index (χ3n) is 5.68. The van der Waals surface area contributed by atoms with E-state index < -0.39 is 54.2 Å². The second-order valence-electron chi connectivity index (χ2n) is 8.02. The van der Waals surface area contributed by atoms with Crippen LogP contribution < -0.4 is 16.4 Å². The highest BCUT2D eigenvalue weighted by Gasteiger charge is 2.49. The summed E-state index contributed by atoms with van der Waals surface area (Å²) < 4.78 is 40.9. The highest BCUT2D eigenvalue weighted by atomic mass is 19.4. The van der Waals surface area contributed by atoms with Gasteiger partial charge in [-0.3, -0.25) is 19.2 Å². The van der Waals surface area contributed by atoms with Crippen molar-refractivity contribution < 1.29 is 32.3 Å². The maximum atomic E-state index is 13.6. The molecule has 0 bridgehead atoms. The fourth-order valence-corrected chi connectivity index (χ4v) is 3.70. The lowest BCUT2D eigenvalue weighted by atomic mass is 9.89. The minimum absolute atomic E-state index is 0.00455. The van der Waals surface area contributed by atoms with Crippen LogP contribution in [-0.4, -0.2) is 64.9 Å². The maximum absolute atomic E-state index is 13.6. The van der Waals surface area contributed by atoms with E-state index in [0.29, 0.717) is 6.42 Å². The lowest BCUT2D eigenvalue weighted by Crippen LogP contribution is -2.61. The zero-order valence-corrected chi connectivity index (χ0v) is 18.1. The molecule has 2 unspecified atom stereocenters. The molecule has 0 radical (unpaired) electrons. The van der Waals surface area contributed by atoms with E-state index in [9.17, 15) is 32.3 Å². The summed E-state index contributed by atoms with van der Waals surface area (Å²) in [4.78, 5) is 52.0. The van der Waals surface area contributed by atoms with Gasteiger partial charge in [-0.05, 0) is 24.5 Å². The molecule has 178 valence electrons. The van der Waals surface area contributed by atoms with Gasteiger partial charge in [-0.1, -0.05) is 20.3 Å². The van der Waals surface area contributed by atoms with Crippen LogP contribution in [0.3, 0.4) is 0 Å². The molecule has 0 aliphatic carbocycles. The van der Waals surface area contributed by atoms with Crippen LogP contribution in [0.1, 0.15) is 54.6 Å². The smallest absolute Gasteiger partial charge is 0.364 e. The largest absolute Gasteiger partial charge is 0.393 e. The number of carbonyl (C=O) groups is 4. The van der Waals surface area contributed by atoms with E-state index in [4.69, 9.17) is 5.73 Å². The first-order chi connectivity index (χ1) is 14.8. The summed E-state index contributed by atoms with van der Waals surface area (Å²) in [5.74, 6) is -4.77. The minimum atomic E-state index is -4.58. The number of alkyl halides is 3. The first kappa shape index (κ1) is 25.2. The van der Waals surface area contributed by atoms with Gasteiger partial charge in [-0.2, -0.15) is 13.2 Å². The normalized spacial score (nSPS) is 20.9. The molecule has 0 saturated carbocycles. The Kier molecular flexibility index (Phi) is 7.92. The van der Waals surface area contributed by atoms with E-state index in [1.807, 2.05) is 0 Å². The molecular weight excluding hydrogens is 431 g/mol. The second-order valence-corrected chi connectivity index (χ2v) is 8.02. The summed E-state index contributed by atoms with van der Waals surface area (Å²) in [6.07, 6.45) is -4.47.